The number of hydrogen-bond acceptors (Lipinski definition) is 11. The van der Waals surface area contributed by atoms with Crippen LogP contribution >= 0.6 is 0 Å². The summed E-state index contributed by atoms with van der Waals surface area (Å²) in [6.45, 7) is 13.6. The molecule has 8 unspecified atom stereocenters. The first kappa shape index (κ1) is 47.3. The van der Waals surface area contributed by atoms with Crippen LogP contribution in [-0.2, 0) is 52.9 Å². The van der Waals surface area contributed by atoms with Crippen molar-refractivity contribution in [3.8, 4) is 0 Å². The number of carbonyl (C=O) groups is 5. The third-order valence-electron chi connectivity index (χ3n) is 12.1. The largest absolute Gasteiger partial charge is 0.462 e. The molecule has 8 atom stereocenters. The minimum absolute atomic E-state index is 0. The summed E-state index contributed by atoms with van der Waals surface area (Å²) in [5.41, 5.74) is -3.22. The van der Waals surface area contributed by atoms with Gasteiger partial charge in [-0.1, -0.05) is 50.5 Å². The van der Waals surface area contributed by atoms with E-state index >= 15 is 0 Å². The van der Waals surface area contributed by atoms with Gasteiger partial charge in [-0.2, -0.15) is 0 Å². The Hall–Kier alpha value is -2.70. The molecule has 0 aromatic heterocycles. The zero-order valence-electron chi connectivity index (χ0n) is 29.5. The summed E-state index contributed by atoms with van der Waals surface area (Å²) >= 11 is 0. The number of carbonyl (C=O) groups excluding carboxylic acids is 5. The predicted molar refractivity (Wildman–Crippen MR) is 199 cm³/mol. The van der Waals surface area contributed by atoms with E-state index in [2.05, 4.69) is 6.92 Å². The summed E-state index contributed by atoms with van der Waals surface area (Å²) in [6, 6.07) is 0. The minimum Gasteiger partial charge on any atom is -0.462 e. The van der Waals surface area contributed by atoms with Crippen molar-refractivity contribution in [2.75, 3.05) is 5.75 Å². The molecule has 4 saturated heterocycles. The molecule has 4 saturated carbocycles. The molecule has 0 radical (unpaired) electrons. The molecule has 52 heavy (non-hydrogen) atoms. The van der Waals surface area contributed by atoms with E-state index in [4.69, 9.17) is 18.9 Å². The fraction of sp³-hybridized carbons (Fsp3) is 0.872. The Labute approximate surface area is 313 Å². The molecule has 13 heteroatoms. The van der Waals surface area contributed by atoms with E-state index in [1.165, 1.54) is 0 Å². The average Bonchev–Trinajstić information content (AvgIpc) is 3.19. The maximum Gasteiger partial charge on any atom is 0.312 e. The van der Waals surface area contributed by atoms with Crippen molar-refractivity contribution in [3.63, 3.8) is 0 Å². The van der Waals surface area contributed by atoms with E-state index in [-0.39, 0.29) is 83.2 Å². The van der Waals surface area contributed by atoms with Crippen LogP contribution in [0, 0.1) is 33.5 Å². The van der Waals surface area contributed by atoms with Gasteiger partial charge in [0.05, 0.1) is 28.4 Å². The van der Waals surface area contributed by atoms with Gasteiger partial charge in [0.1, 0.15) is 23.4 Å². The summed E-state index contributed by atoms with van der Waals surface area (Å²) in [5, 5.41) is 0. The molecule has 1 N–H and O–H groups in total. The van der Waals surface area contributed by atoms with Crippen molar-refractivity contribution in [2.45, 2.75) is 179 Å². The number of nitrogens with one attached hydrogen (secondary N) is 1. The van der Waals surface area contributed by atoms with Gasteiger partial charge in [-0.15, -0.1) is 0 Å². The molecule has 0 aromatic carbocycles. The molecule has 8 rings (SSSR count). The maximum atomic E-state index is 12.7. The SMILES string of the molecule is C.C.C.C.CCC(C)(C)C(=O)OC12CC3CC(C)(CC(C1)C(=O)O3)C2.CCC(C)(C)C(=O)OC12CC3CC(CS(=O)(=O)NC=O)(CC(C1)C(=O)O3)C2. The second kappa shape index (κ2) is 16.0. The molecule has 12 nitrogen and oxygen atoms in total. The maximum absolute atomic E-state index is 12.7. The molecule has 4 aliphatic heterocycles. The summed E-state index contributed by atoms with van der Waals surface area (Å²) in [7, 11) is -3.84. The summed E-state index contributed by atoms with van der Waals surface area (Å²) in [4.78, 5) is 60.4. The highest BCUT2D eigenvalue weighted by Crippen LogP contribution is 2.59. The zero-order chi connectivity index (χ0) is 35.6. The van der Waals surface area contributed by atoms with Crippen molar-refractivity contribution < 1.29 is 51.3 Å². The van der Waals surface area contributed by atoms with E-state index in [1.54, 1.807) is 13.8 Å². The average molecular weight is 760 g/mol. The molecule has 8 aliphatic rings. The van der Waals surface area contributed by atoms with Crippen LogP contribution in [0.25, 0.3) is 0 Å². The molecule has 8 fully saturated rings. The second-order valence-electron chi connectivity index (χ2n) is 17.4. The van der Waals surface area contributed by atoms with E-state index in [0.717, 1.165) is 25.7 Å². The van der Waals surface area contributed by atoms with Gasteiger partial charge in [0.2, 0.25) is 16.4 Å². The number of ether oxygens (including phenoxy) is 4. The van der Waals surface area contributed by atoms with Crippen molar-refractivity contribution >= 4 is 40.3 Å². The number of hydrogen-bond donors (Lipinski definition) is 1. The van der Waals surface area contributed by atoms with Crippen LogP contribution < -0.4 is 4.72 Å². The van der Waals surface area contributed by atoms with Gasteiger partial charge in [-0.3, -0.25) is 28.7 Å². The number of fused-ring (bicyclic) bond motifs is 2. The Balaban J connectivity index is 0.000000495. The van der Waals surface area contributed by atoms with Gasteiger partial charge in [0, 0.05) is 25.7 Å². The minimum atomic E-state index is -3.84. The Morgan fingerprint density at radius 2 is 1.19 bits per heavy atom. The van der Waals surface area contributed by atoms with Crippen LogP contribution in [0.1, 0.15) is 155 Å². The Kier molecular flexibility index (Phi) is 14.5. The summed E-state index contributed by atoms with van der Waals surface area (Å²) < 4.78 is 49.5. The first-order valence-electron chi connectivity index (χ1n) is 17.4. The quantitative estimate of drug-likeness (QED) is 0.138. The fourth-order valence-electron chi connectivity index (χ4n) is 9.44. The highest BCUT2D eigenvalue weighted by Gasteiger charge is 2.62. The van der Waals surface area contributed by atoms with Gasteiger partial charge in [0.15, 0.2) is 0 Å². The van der Waals surface area contributed by atoms with Crippen LogP contribution in [-0.4, -0.2) is 67.9 Å². The van der Waals surface area contributed by atoms with Crippen molar-refractivity contribution in [2.24, 2.45) is 33.5 Å². The standard InChI is InChI=1S/C18H27NO7S.C17H26O4.4CH4/c1-4-16(2,3)15(22)26-18-6-12-5-17(9-18,10-27(23,24)19-11-20)7-13(8-18)25-14(12)21;1-5-15(2,3)14(19)21-17-7-11-6-16(4,10-17)8-12(9-17)20-13(11)18;;;;/h11-13H,4-10H2,1-3H3,(H,19,20);11-12H,5-10H2,1-4H3;4*1H4. The molecule has 1 amide bonds. The van der Waals surface area contributed by atoms with Crippen LogP contribution in [0.2, 0.25) is 0 Å². The molecule has 0 spiro atoms. The van der Waals surface area contributed by atoms with E-state index < -0.39 is 49.5 Å². The number of rotatable bonds is 10. The lowest BCUT2D eigenvalue weighted by atomic mass is 9.57. The van der Waals surface area contributed by atoms with Gasteiger partial charge < -0.3 is 18.9 Å². The first-order valence-corrected chi connectivity index (χ1v) is 19.1. The lowest BCUT2D eigenvalue weighted by molar-refractivity contribution is -0.191. The smallest absolute Gasteiger partial charge is 0.312 e. The Bertz CT molecular complexity index is 1460. The third-order valence-corrected chi connectivity index (χ3v) is 13.6. The highest BCUT2D eigenvalue weighted by atomic mass is 32.2. The van der Waals surface area contributed by atoms with Gasteiger partial charge >= 0.3 is 23.9 Å². The molecule has 0 aromatic rings. The molecule has 302 valence electrons. The van der Waals surface area contributed by atoms with E-state index in [1.807, 2.05) is 32.4 Å². The van der Waals surface area contributed by atoms with E-state index in [9.17, 15) is 32.4 Å². The Morgan fingerprint density at radius 1 is 0.750 bits per heavy atom. The molecule has 8 bridgehead atoms. The normalized spacial score (nSPS) is 35.1. The number of amides is 1. The molecule has 4 aliphatic carbocycles. The van der Waals surface area contributed by atoms with Crippen LogP contribution in [0.5, 0.6) is 0 Å². The molecular formula is C39H69NO11S. The first-order chi connectivity index (χ1) is 22.1. The summed E-state index contributed by atoms with van der Waals surface area (Å²) in [6.07, 6.45) is 6.77. The van der Waals surface area contributed by atoms with Crippen molar-refractivity contribution in [1.29, 1.82) is 0 Å². The third kappa shape index (κ3) is 9.50. The van der Waals surface area contributed by atoms with E-state index in [0.29, 0.717) is 51.4 Å². The van der Waals surface area contributed by atoms with Crippen LogP contribution in [0.15, 0.2) is 0 Å². The van der Waals surface area contributed by atoms with Crippen LogP contribution in [0.4, 0.5) is 0 Å². The zero-order valence-corrected chi connectivity index (χ0v) is 30.3. The van der Waals surface area contributed by atoms with Crippen molar-refractivity contribution in [3.05, 3.63) is 0 Å². The predicted octanol–water partition coefficient (Wildman–Crippen LogP) is 7.06. The topological polar surface area (TPSA) is 168 Å². The lowest BCUT2D eigenvalue weighted by Crippen LogP contribution is -2.56. The van der Waals surface area contributed by atoms with Gasteiger partial charge in [-0.05, 0) is 89.9 Å². The van der Waals surface area contributed by atoms with Crippen LogP contribution in [0.3, 0.4) is 0 Å². The van der Waals surface area contributed by atoms with Gasteiger partial charge in [-0.25, -0.2) is 8.42 Å². The molecule has 4 heterocycles. The van der Waals surface area contributed by atoms with Crippen molar-refractivity contribution in [1.82, 2.24) is 4.72 Å². The summed E-state index contributed by atoms with van der Waals surface area (Å²) in [5.74, 6) is -1.82. The Morgan fingerprint density at radius 3 is 1.65 bits per heavy atom. The van der Waals surface area contributed by atoms with Gasteiger partial charge in [0.25, 0.3) is 0 Å². The second-order valence-corrected chi connectivity index (χ2v) is 19.2. The number of esters is 4. The molecular weight excluding hydrogens is 690 g/mol. The fourth-order valence-corrected chi connectivity index (χ4v) is 10.8. The monoisotopic (exact) mass is 759 g/mol. The highest BCUT2D eigenvalue weighted by molar-refractivity contribution is 7.90. The lowest BCUT2D eigenvalue weighted by Gasteiger charge is -2.52. The number of sulfonamides is 1.